The van der Waals surface area contributed by atoms with Crippen molar-refractivity contribution in [3.05, 3.63) is 56.6 Å². The third kappa shape index (κ3) is 5.89. The number of aromatic hydroxyl groups is 1. The fraction of sp³-hybridized carbons (Fsp3) is 0.364. The molecule has 0 bridgehead atoms. The van der Waals surface area contributed by atoms with Crippen molar-refractivity contribution in [3.63, 3.8) is 0 Å². The van der Waals surface area contributed by atoms with Crippen LogP contribution in [0.4, 0.5) is 17.1 Å². The van der Waals surface area contributed by atoms with E-state index in [0.717, 1.165) is 5.56 Å². The molecule has 1 aliphatic rings. The van der Waals surface area contributed by atoms with Crippen molar-refractivity contribution in [2.75, 3.05) is 36.5 Å². The number of ether oxygens (including phenoxy) is 1. The first-order chi connectivity index (χ1) is 15.5. The summed E-state index contributed by atoms with van der Waals surface area (Å²) >= 11 is 11.4. The van der Waals surface area contributed by atoms with Crippen LogP contribution in [0.1, 0.15) is 36.7 Å². The van der Waals surface area contributed by atoms with Crippen molar-refractivity contribution in [1.82, 2.24) is 5.32 Å². The van der Waals surface area contributed by atoms with Crippen LogP contribution in [-0.4, -0.2) is 47.4 Å². The number of rotatable bonds is 4. The van der Waals surface area contributed by atoms with E-state index in [1.54, 1.807) is 18.2 Å². The molecule has 11 heteroatoms. The molecule has 0 aliphatic carbocycles. The number of benzene rings is 2. The van der Waals surface area contributed by atoms with Gasteiger partial charge in [-0.25, -0.2) is 0 Å². The van der Waals surface area contributed by atoms with Crippen molar-refractivity contribution in [2.24, 2.45) is 0 Å². The van der Waals surface area contributed by atoms with Gasteiger partial charge < -0.3 is 20.1 Å². The van der Waals surface area contributed by atoms with Crippen LogP contribution in [0, 0.1) is 10.1 Å². The fourth-order valence-corrected chi connectivity index (χ4v) is 3.77. The number of non-ortho nitro benzene ring substituents is 1. The third-order valence-electron chi connectivity index (χ3n) is 5.19. The van der Waals surface area contributed by atoms with Crippen molar-refractivity contribution in [1.29, 1.82) is 0 Å². The Morgan fingerprint density at radius 3 is 2.52 bits per heavy atom. The summed E-state index contributed by atoms with van der Waals surface area (Å²) in [5.74, 6) is -0.819. The SMILES string of the molecule is CC(C)(C)c1cc(Cl)c(O)c(NC(=S)NC(=O)c2cc([N+](=O)[O-])ccc2N2CCOCC2)c1. The van der Waals surface area contributed by atoms with Crippen LogP contribution in [0.25, 0.3) is 0 Å². The molecule has 1 fully saturated rings. The van der Waals surface area contributed by atoms with Gasteiger partial charge in [0.2, 0.25) is 0 Å². The van der Waals surface area contributed by atoms with Crippen LogP contribution in [0.15, 0.2) is 30.3 Å². The molecule has 3 N–H and O–H groups in total. The zero-order chi connectivity index (χ0) is 24.3. The minimum atomic E-state index is -0.616. The van der Waals surface area contributed by atoms with Crippen molar-refractivity contribution < 1.29 is 19.6 Å². The molecule has 0 saturated carbocycles. The molecule has 0 radical (unpaired) electrons. The Bertz CT molecular complexity index is 1100. The smallest absolute Gasteiger partial charge is 0.270 e. The van der Waals surface area contributed by atoms with E-state index in [1.165, 1.54) is 12.1 Å². The van der Waals surface area contributed by atoms with E-state index >= 15 is 0 Å². The predicted molar refractivity (Wildman–Crippen MR) is 132 cm³/mol. The zero-order valence-electron chi connectivity index (χ0n) is 18.5. The van der Waals surface area contributed by atoms with Gasteiger partial charge in [0.25, 0.3) is 11.6 Å². The summed E-state index contributed by atoms with van der Waals surface area (Å²) in [5.41, 5.74) is 1.30. The van der Waals surface area contributed by atoms with Gasteiger partial charge in [0.15, 0.2) is 10.9 Å². The average molecular weight is 493 g/mol. The predicted octanol–water partition coefficient (Wildman–Crippen LogP) is 4.21. The molecule has 2 aromatic rings. The maximum atomic E-state index is 13.1. The van der Waals surface area contributed by atoms with Gasteiger partial charge in [-0.3, -0.25) is 20.2 Å². The topological polar surface area (TPSA) is 117 Å². The number of carbonyl (C=O) groups is 1. The molecule has 33 heavy (non-hydrogen) atoms. The number of thiocarbonyl (C=S) groups is 1. The van der Waals surface area contributed by atoms with Crippen molar-refractivity contribution in [2.45, 2.75) is 26.2 Å². The summed E-state index contributed by atoms with van der Waals surface area (Å²) in [5, 5.41) is 27.0. The highest BCUT2D eigenvalue weighted by Gasteiger charge is 2.23. The molecule has 2 aromatic carbocycles. The van der Waals surface area contributed by atoms with Crippen LogP contribution < -0.4 is 15.5 Å². The van der Waals surface area contributed by atoms with E-state index < -0.39 is 10.8 Å². The first-order valence-electron chi connectivity index (χ1n) is 10.2. The van der Waals surface area contributed by atoms with E-state index in [9.17, 15) is 20.0 Å². The number of phenolic OH excluding ortho intramolecular Hbond substituents is 1. The Morgan fingerprint density at radius 1 is 1.24 bits per heavy atom. The van der Waals surface area contributed by atoms with Gasteiger partial charge >= 0.3 is 0 Å². The van der Waals surface area contributed by atoms with Crippen molar-refractivity contribution >= 4 is 51.9 Å². The van der Waals surface area contributed by atoms with Gasteiger partial charge in [0.1, 0.15) is 0 Å². The number of hydrogen-bond donors (Lipinski definition) is 3. The van der Waals surface area contributed by atoms with Gasteiger partial charge in [-0.15, -0.1) is 0 Å². The number of nitro groups is 1. The number of nitro benzene ring substituents is 1. The van der Waals surface area contributed by atoms with Gasteiger partial charge in [-0.1, -0.05) is 32.4 Å². The lowest BCUT2D eigenvalue weighted by Gasteiger charge is -2.30. The monoisotopic (exact) mass is 492 g/mol. The Morgan fingerprint density at radius 2 is 1.91 bits per heavy atom. The van der Waals surface area contributed by atoms with E-state index in [2.05, 4.69) is 10.6 Å². The van der Waals surface area contributed by atoms with Crippen LogP contribution in [0.3, 0.4) is 0 Å². The summed E-state index contributed by atoms with van der Waals surface area (Å²) in [6, 6.07) is 7.49. The summed E-state index contributed by atoms with van der Waals surface area (Å²) < 4.78 is 5.35. The van der Waals surface area contributed by atoms with Gasteiger partial charge in [-0.2, -0.15) is 0 Å². The molecule has 1 aliphatic heterocycles. The number of phenols is 1. The van der Waals surface area contributed by atoms with Crippen molar-refractivity contribution in [3.8, 4) is 5.75 Å². The quantitative estimate of drug-likeness (QED) is 0.251. The van der Waals surface area contributed by atoms with Gasteiger partial charge in [0.05, 0.1) is 40.1 Å². The Hall–Kier alpha value is -2.95. The maximum absolute atomic E-state index is 13.1. The van der Waals surface area contributed by atoms with Crippen LogP contribution in [0.5, 0.6) is 5.75 Å². The lowest BCUT2D eigenvalue weighted by molar-refractivity contribution is -0.384. The third-order valence-corrected chi connectivity index (χ3v) is 5.68. The standard InChI is InChI=1S/C22H25ClN4O5S/c1-22(2,3)13-10-16(23)19(28)17(11-13)24-21(33)25-20(29)15-12-14(27(30)31)4-5-18(15)26-6-8-32-9-7-26/h4-5,10-12,28H,6-9H2,1-3H3,(H2,24,25,29,33). The molecule has 1 saturated heterocycles. The second-order valence-corrected chi connectivity index (χ2v) is 9.39. The number of nitrogens with zero attached hydrogens (tertiary/aromatic N) is 2. The number of carbonyl (C=O) groups excluding carboxylic acids is 1. The van der Waals surface area contributed by atoms with Gasteiger partial charge in [0, 0.05) is 25.2 Å². The minimum Gasteiger partial charge on any atom is -0.504 e. The Kier molecular flexibility index (Phi) is 7.41. The molecule has 9 nitrogen and oxygen atoms in total. The van der Waals surface area contributed by atoms with E-state index in [4.69, 9.17) is 28.6 Å². The molecule has 3 rings (SSSR count). The lowest BCUT2D eigenvalue weighted by atomic mass is 9.87. The zero-order valence-corrected chi connectivity index (χ0v) is 20.0. The molecule has 0 aromatic heterocycles. The second kappa shape index (κ2) is 9.90. The van der Waals surface area contributed by atoms with Crippen LogP contribution in [0.2, 0.25) is 5.02 Å². The number of hydrogen-bond acceptors (Lipinski definition) is 7. The molecule has 1 amide bonds. The molecule has 1 heterocycles. The first kappa shape index (κ1) is 24.7. The number of anilines is 2. The highest BCUT2D eigenvalue weighted by Crippen LogP contribution is 2.37. The lowest BCUT2D eigenvalue weighted by Crippen LogP contribution is -2.39. The molecule has 0 atom stereocenters. The first-order valence-corrected chi connectivity index (χ1v) is 11.0. The van der Waals surface area contributed by atoms with Gasteiger partial charge in [-0.05, 0) is 41.4 Å². The largest absolute Gasteiger partial charge is 0.504 e. The molecule has 176 valence electrons. The summed E-state index contributed by atoms with van der Waals surface area (Å²) in [6.45, 7) is 8.06. The molecular weight excluding hydrogens is 468 g/mol. The van der Waals surface area contributed by atoms with Crippen LogP contribution >= 0.6 is 23.8 Å². The van der Waals surface area contributed by atoms with E-state index in [1.807, 2.05) is 25.7 Å². The Labute approximate surface area is 201 Å². The second-order valence-electron chi connectivity index (χ2n) is 8.57. The normalized spacial score (nSPS) is 14.0. The number of nitrogens with one attached hydrogen (secondary N) is 2. The molecule has 0 spiro atoms. The number of amides is 1. The minimum absolute atomic E-state index is 0.0862. The summed E-state index contributed by atoms with van der Waals surface area (Å²) in [6.07, 6.45) is 0. The van der Waals surface area contributed by atoms with E-state index in [-0.39, 0.29) is 38.2 Å². The summed E-state index contributed by atoms with van der Waals surface area (Å²) in [7, 11) is 0. The highest BCUT2D eigenvalue weighted by molar-refractivity contribution is 7.80. The number of morpholine rings is 1. The summed E-state index contributed by atoms with van der Waals surface area (Å²) in [4.78, 5) is 25.7. The number of halogens is 1. The molecular formula is C22H25ClN4O5S. The fourth-order valence-electron chi connectivity index (χ4n) is 3.35. The highest BCUT2D eigenvalue weighted by atomic mass is 35.5. The molecule has 0 unspecified atom stereocenters. The Balaban J connectivity index is 1.85. The average Bonchev–Trinajstić information content (AvgIpc) is 2.76. The van der Waals surface area contributed by atoms with E-state index in [0.29, 0.717) is 32.0 Å². The van der Waals surface area contributed by atoms with Crippen LogP contribution in [-0.2, 0) is 10.2 Å². The maximum Gasteiger partial charge on any atom is 0.270 e.